The first-order valence-corrected chi connectivity index (χ1v) is 7.89. The minimum Gasteiger partial charge on any atom is -0.488 e. The lowest BCUT2D eigenvalue weighted by atomic mass is 10.1. The van der Waals surface area contributed by atoms with Crippen molar-refractivity contribution in [3.8, 4) is 11.5 Å². The molecule has 3 rings (SSSR count). The fourth-order valence-electron chi connectivity index (χ4n) is 2.65. The number of fused-ring (bicyclic) bond motifs is 1. The molecule has 0 aromatic heterocycles. The van der Waals surface area contributed by atoms with Gasteiger partial charge in [0.05, 0.1) is 5.56 Å². The zero-order valence-electron chi connectivity index (χ0n) is 14.2. The van der Waals surface area contributed by atoms with Gasteiger partial charge in [-0.25, -0.2) is 0 Å². The zero-order valence-corrected chi connectivity index (χ0v) is 14.2. The molecule has 0 spiro atoms. The number of benzene rings is 2. The summed E-state index contributed by atoms with van der Waals surface area (Å²) < 4.78 is 11.7. The van der Waals surface area contributed by atoms with E-state index in [-0.39, 0.29) is 5.78 Å². The topological polar surface area (TPSA) is 35.5 Å². The molecule has 1 aliphatic rings. The van der Waals surface area contributed by atoms with Crippen molar-refractivity contribution >= 4 is 11.9 Å². The van der Waals surface area contributed by atoms with Crippen LogP contribution in [0.3, 0.4) is 0 Å². The van der Waals surface area contributed by atoms with Crippen LogP contribution in [0.1, 0.15) is 40.9 Å². The Balaban J connectivity index is 1.81. The lowest BCUT2D eigenvalue weighted by Crippen LogP contribution is -2.00. The van der Waals surface area contributed by atoms with Crippen LogP contribution in [0, 0.1) is 6.92 Å². The van der Waals surface area contributed by atoms with E-state index in [0.717, 1.165) is 28.0 Å². The summed E-state index contributed by atoms with van der Waals surface area (Å²) >= 11 is 0. The Hall–Kier alpha value is -2.81. The van der Waals surface area contributed by atoms with Crippen molar-refractivity contribution in [2.45, 2.75) is 27.4 Å². The SMILES string of the molecule is C=Cc1ccc(COc2ccc3c(c2C)OC(=C(C)C)C3=O)cc1. The second-order valence-electron chi connectivity index (χ2n) is 6.06. The van der Waals surface area contributed by atoms with Crippen molar-refractivity contribution < 1.29 is 14.3 Å². The molecule has 122 valence electrons. The molecule has 3 heteroatoms. The zero-order chi connectivity index (χ0) is 17.3. The third-order valence-corrected chi connectivity index (χ3v) is 4.08. The standard InChI is InChI=1S/C21H20O3/c1-5-15-6-8-16(9-7-15)12-23-18-11-10-17-19(22)20(13(2)3)24-21(17)14(18)4/h5-11H,1,12H2,2-4H3. The summed E-state index contributed by atoms with van der Waals surface area (Å²) in [4.78, 5) is 12.3. The molecule has 0 radical (unpaired) electrons. The Morgan fingerprint density at radius 3 is 2.50 bits per heavy atom. The smallest absolute Gasteiger partial charge is 0.231 e. The second kappa shape index (κ2) is 6.36. The molecule has 24 heavy (non-hydrogen) atoms. The van der Waals surface area contributed by atoms with Crippen molar-refractivity contribution in [3.05, 3.63) is 76.6 Å². The molecule has 0 amide bonds. The summed E-state index contributed by atoms with van der Waals surface area (Å²) in [5.74, 6) is 1.70. The quantitative estimate of drug-likeness (QED) is 0.736. The third-order valence-electron chi connectivity index (χ3n) is 4.08. The number of carbonyl (C=O) groups excluding carboxylic acids is 1. The Kier molecular flexibility index (Phi) is 4.26. The molecule has 0 fully saturated rings. The van der Waals surface area contributed by atoms with Crippen molar-refractivity contribution in [1.29, 1.82) is 0 Å². The van der Waals surface area contributed by atoms with Gasteiger partial charge in [-0.15, -0.1) is 0 Å². The highest BCUT2D eigenvalue weighted by Crippen LogP contribution is 2.39. The van der Waals surface area contributed by atoms with Crippen LogP contribution < -0.4 is 9.47 Å². The minimum absolute atomic E-state index is 0.0559. The average molecular weight is 320 g/mol. The van der Waals surface area contributed by atoms with E-state index in [4.69, 9.17) is 9.47 Å². The van der Waals surface area contributed by atoms with Gasteiger partial charge in [-0.2, -0.15) is 0 Å². The van der Waals surface area contributed by atoms with E-state index >= 15 is 0 Å². The molecule has 0 saturated carbocycles. The second-order valence-corrected chi connectivity index (χ2v) is 6.06. The minimum atomic E-state index is -0.0559. The lowest BCUT2D eigenvalue weighted by molar-refractivity contribution is 0.101. The van der Waals surface area contributed by atoms with Gasteiger partial charge in [0.1, 0.15) is 18.1 Å². The predicted molar refractivity (Wildman–Crippen MR) is 95.4 cm³/mol. The Labute approximate surface area is 142 Å². The first-order valence-electron chi connectivity index (χ1n) is 7.89. The molecule has 2 aromatic rings. The molecule has 3 nitrogen and oxygen atoms in total. The first kappa shape index (κ1) is 16.1. The Bertz CT molecular complexity index is 838. The largest absolute Gasteiger partial charge is 0.488 e. The molecule has 0 aliphatic carbocycles. The van der Waals surface area contributed by atoms with Crippen molar-refractivity contribution in [1.82, 2.24) is 0 Å². The van der Waals surface area contributed by atoms with Crippen LogP contribution in [-0.4, -0.2) is 5.78 Å². The van der Waals surface area contributed by atoms with Crippen LogP contribution in [0.15, 0.2) is 54.3 Å². The maximum Gasteiger partial charge on any atom is 0.231 e. The van der Waals surface area contributed by atoms with Gasteiger partial charge < -0.3 is 9.47 Å². The summed E-state index contributed by atoms with van der Waals surface area (Å²) in [5.41, 5.74) is 4.47. The summed E-state index contributed by atoms with van der Waals surface area (Å²) in [5, 5.41) is 0. The average Bonchev–Trinajstić information content (AvgIpc) is 2.93. The van der Waals surface area contributed by atoms with Crippen LogP contribution in [0.4, 0.5) is 0 Å². The maximum absolute atomic E-state index is 12.3. The van der Waals surface area contributed by atoms with E-state index in [2.05, 4.69) is 6.58 Å². The van der Waals surface area contributed by atoms with Crippen LogP contribution in [0.2, 0.25) is 0 Å². The molecule has 0 unspecified atom stereocenters. The van der Waals surface area contributed by atoms with E-state index in [1.165, 1.54) is 0 Å². The third kappa shape index (κ3) is 2.85. The molecular weight excluding hydrogens is 300 g/mol. The Morgan fingerprint density at radius 1 is 1.17 bits per heavy atom. The van der Waals surface area contributed by atoms with Crippen molar-refractivity contribution in [2.75, 3.05) is 0 Å². The van der Waals surface area contributed by atoms with E-state index < -0.39 is 0 Å². The van der Waals surface area contributed by atoms with Crippen LogP contribution in [-0.2, 0) is 6.61 Å². The number of ether oxygens (including phenoxy) is 2. The highest BCUT2D eigenvalue weighted by Gasteiger charge is 2.30. The van der Waals surface area contributed by atoms with Gasteiger partial charge in [-0.3, -0.25) is 4.79 Å². The molecule has 1 aliphatic heterocycles. The normalized spacial score (nSPS) is 12.6. The van der Waals surface area contributed by atoms with Gasteiger partial charge in [0, 0.05) is 5.56 Å². The number of hydrogen-bond donors (Lipinski definition) is 0. The number of allylic oxidation sites excluding steroid dienone is 2. The van der Waals surface area contributed by atoms with Gasteiger partial charge >= 0.3 is 0 Å². The summed E-state index contributed by atoms with van der Waals surface area (Å²) in [6.07, 6.45) is 1.81. The molecule has 0 atom stereocenters. The van der Waals surface area contributed by atoms with Crippen LogP contribution in [0.5, 0.6) is 11.5 Å². The van der Waals surface area contributed by atoms with Crippen molar-refractivity contribution in [2.24, 2.45) is 0 Å². The molecule has 1 heterocycles. The Morgan fingerprint density at radius 2 is 1.88 bits per heavy atom. The fourth-order valence-corrected chi connectivity index (χ4v) is 2.65. The summed E-state index contributed by atoms with van der Waals surface area (Å²) in [7, 11) is 0. The van der Waals surface area contributed by atoms with E-state index in [1.807, 2.05) is 57.2 Å². The van der Waals surface area contributed by atoms with Gasteiger partial charge in [-0.1, -0.05) is 36.9 Å². The highest BCUT2D eigenvalue weighted by atomic mass is 16.5. The molecular formula is C21H20O3. The summed E-state index contributed by atoms with van der Waals surface area (Å²) in [6, 6.07) is 11.6. The number of Topliss-reactive ketones (excluding diaryl/α,β-unsaturated/α-hetero) is 1. The summed E-state index contributed by atoms with van der Waals surface area (Å²) in [6.45, 7) is 9.87. The van der Waals surface area contributed by atoms with Gasteiger partial charge in [0.25, 0.3) is 0 Å². The van der Waals surface area contributed by atoms with Gasteiger partial charge in [0.2, 0.25) is 5.78 Å². The molecule has 2 aromatic carbocycles. The lowest BCUT2D eigenvalue weighted by Gasteiger charge is -2.11. The number of ketones is 1. The van der Waals surface area contributed by atoms with E-state index in [0.29, 0.717) is 23.7 Å². The van der Waals surface area contributed by atoms with Crippen molar-refractivity contribution in [3.63, 3.8) is 0 Å². The predicted octanol–water partition coefficient (Wildman–Crippen LogP) is 5.09. The van der Waals surface area contributed by atoms with Crippen LogP contribution >= 0.6 is 0 Å². The number of carbonyl (C=O) groups is 1. The van der Waals surface area contributed by atoms with Gasteiger partial charge in [0.15, 0.2) is 5.76 Å². The number of rotatable bonds is 4. The van der Waals surface area contributed by atoms with E-state index in [9.17, 15) is 4.79 Å². The van der Waals surface area contributed by atoms with E-state index in [1.54, 1.807) is 6.07 Å². The number of hydrogen-bond acceptors (Lipinski definition) is 3. The highest BCUT2D eigenvalue weighted by molar-refractivity contribution is 6.13. The molecule has 0 saturated heterocycles. The van der Waals surface area contributed by atoms with Crippen LogP contribution in [0.25, 0.3) is 6.08 Å². The van der Waals surface area contributed by atoms with Gasteiger partial charge in [-0.05, 0) is 49.6 Å². The monoisotopic (exact) mass is 320 g/mol. The fraction of sp³-hybridized carbons (Fsp3) is 0.190. The maximum atomic E-state index is 12.3. The molecule has 0 bridgehead atoms. The first-order chi connectivity index (χ1) is 11.5. The molecule has 0 N–H and O–H groups in total.